The van der Waals surface area contributed by atoms with Gasteiger partial charge in [-0.25, -0.2) is 17.2 Å². The first-order valence-electron chi connectivity index (χ1n) is 10.6. The van der Waals surface area contributed by atoms with E-state index in [1.807, 2.05) is 4.90 Å². The lowest BCUT2D eigenvalue weighted by Gasteiger charge is -2.31. The molecule has 0 aliphatic carbocycles. The summed E-state index contributed by atoms with van der Waals surface area (Å²) in [5.41, 5.74) is 1.07. The number of rotatable bonds is 9. The fraction of sp³-hybridized carbons (Fsp3) is 0.409. The third-order valence-electron chi connectivity index (χ3n) is 5.20. The quantitative estimate of drug-likeness (QED) is 0.532. The van der Waals surface area contributed by atoms with Crippen LogP contribution in [0.3, 0.4) is 0 Å². The van der Waals surface area contributed by atoms with Gasteiger partial charge in [-0.1, -0.05) is 13.8 Å². The Kier molecular flexibility index (Phi) is 8.69. The second-order valence-electron chi connectivity index (χ2n) is 7.28. The second-order valence-corrected chi connectivity index (χ2v) is 10.3. The van der Waals surface area contributed by atoms with E-state index in [1.54, 1.807) is 26.0 Å². The summed E-state index contributed by atoms with van der Waals surface area (Å²) in [7, 11) is -3.71. The molecule has 1 N–H and O–H groups in total. The van der Waals surface area contributed by atoms with Gasteiger partial charge < -0.3 is 15.0 Å². The predicted octanol–water partition coefficient (Wildman–Crippen LogP) is 3.56. The number of thioether (sulfide) groups is 1. The van der Waals surface area contributed by atoms with Gasteiger partial charge in [-0.3, -0.25) is 4.79 Å². The van der Waals surface area contributed by atoms with E-state index in [1.165, 1.54) is 16.4 Å². The highest BCUT2D eigenvalue weighted by atomic mass is 32.2. The summed E-state index contributed by atoms with van der Waals surface area (Å²) in [5, 5.41) is 2.80. The van der Waals surface area contributed by atoms with Gasteiger partial charge in [0.2, 0.25) is 15.9 Å². The Bertz CT molecular complexity index is 1090. The molecular weight excluding hydrogens is 472 g/mol. The maximum absolute atomic E-state index is 13.4. The van der Waals surface area contributed by atoms with Crippen molar-refractivity contribution >= 4 is 39.1 Å². The molecule has 1 saturated heterocycles. The standard InChI is InChI=1S/C22H27F2N3O4S2/c1-3-27(4-2)33(29,30)17-6-8-21(26-9-11-31-12-10-26)20(14-17)25-22(28)15-32-16-5-7-18(23)19(24)13-16/h5-8,13-14H,3-4,9-12,15H2,1-2H3,(H,25,28). The summed E-state index contributed by atoms with van der Waals surface area (Å²) >= 11 is 1.06. The molecule has 2 aromatic rings. The molecule has 0 unspecified atom stereocenters. The van der Waals surface area contributed by atoms with Crippen LogP contribution in [-0.2, 0) is 19.6 Å². The number of carbonyl (C=O) groups is 1. The Labute approximate surface area is 197 Å². The van der Waals surface area contributed by atoms with Crippen LogP contribution in [0, 0.1) is 11.6 Å². The van der Waals surface area contributed by atoms with Crippen molar-refractivity contribution in [1.82, 2.24) is 4.31 Å². The van der Waals surface area contributed by atoms with Gasteiger partial charge in [-0.2, -0.15) is 4.31 Å². The summed E-state index contributed by atoms with van der Waals surface area (Å²) in [5.74, 6) is -2.38. The molecule has 33 heavy (non-hydrogen) atoms. The number of sulfonamides is 1. The van der Waals surface area contributed by atoms with Crippen LogP contribution in [0.1, 0.15) is 13.8 Å². The number of nitrogens with one attached hydrogen (secondary N) is 1. The average molecular weight is 500 g/mol. The molecule has 0 saturated carbocycles. The van der Waals surface area contributed by atoms with Crippen molar-refractivity contribution in [2.24, 2.45) is 0 Å². The number of benzene rings is 2. The molecule has 1 amide bonds. The van der Waals surface area contributed by atoms with Crippen LogP contribution in [0.2, 0.25) is 0 Å². The Morgan fingerprint density at radius 2 is 1.79 bits per heavy atom. The van der Waals surface area contributed by atoms with Crippen LogP contribution < -0.4 is 10.2 Å². The van der Waals surface area contributed by atoms with Crippen LogP contribution in [-0.4, -0.2) is 63.8 Å². The molecule has 11 heteroatoms. The number of ether oxygens (including phenoxy) is 1. The number of hydrogen-bond donors (Lipinski definition) is 1. The first-order chi connectivity index (χ1) is 15.8. The molecular formula is C22H27F2N3O4S2. The van der Waals surface area contributed by atoms with E-state index in [-0.39, 0.29) is 10.6 Å². The summed E-state index contributed by atoms with van der Waals surface area (Å²) < 4.78 is 59.3. The van der Waals surface area contributed by atoms with Gasteiger partial charge in [0.1, 0.15) is 0 Å². The molecule has 1 fully saturated rings. The normalized spacial score (nSPS) is 14.5. The Balaban J connectivity index is 1.84. The third kappa shape index (κ3) is 6.23. The minimum Gasteiger partial charge on any atom is -0.378 e. The summed E-state index contributed by atoms with van der Waals surface area (Å²) in [6, 6.07) is 8.15. The Morgan fingerprint density at radius 1 is 1.09 bits per heavy atom. The molecule has 1 aliphatic rings. The molecule has 0 spiro atoms. The van der Waals surface area contributed by atoms with E-state index in [0.717, 1.165) is 23.9 Å². The van der Waals surface area contributed by atoms with Crippen molar-refractivity contribution in [2.45, 2.75) is 23.6 Å². The lowest BCUT2D eigenvalue weighted by atomic mass is 10.2. The van der Waals surface area contributed by atoms with E-state index < -0.39 is 27.6 Å². The maximum Gasteiger partial charge on any atom is 0.243 e. The van der Waals surface area contributed by atoms with Crippen LogP contribution in [0.4, 0.5) is 20.2 Å². The fourth-order valence-corrected chi connectivity index (χ4v) is 5.68. The molecule has 7 nitrogen and oxygen atoms in total. The topological polar surface area (TPSA) is 79.0 Å². The van der Waals surface area contributed by atoms with Crippen LogP contribution in [0.5, 0.6) is 0 Å². The average Bonchev–Trinajstić information content (AvgIpc) is 2.81. The lowest BCUT2D eigenvalue weighted by molar-refractivity contribution is -0.113. The van der Waals surface area contributed by atoms with Gasteiger partial charge in [0.05, 0.1) is 35.2 Å². The SMILES string of the molecule is CCN(CC)S(=O)(=O)c1ccc(N2CCOCC2)c(NC(=O)CSc2ccc(F)c(F)c2)c1. The van der Waals surface area contributed by atoms with Crippen LogP contribution >= 0.6 is 11.8 Å². The van der Waals surface area contributed by atoms with Gasteiger partial charge in [-0.05, 0) is 36.4 Å². The molecule has 0 atom stereocenters. The molecule has 0 aromatic heterocycles. The largest absolute Gasteiger partial charge is 0.378 e. The second kappa shape index (κ2) is 11.3. The van der Waals surface area contributed by atoms with E-state index in [2.05, 4.69) is 5.32 Å². The van der Waals surface area contributed by atoms with Gasteiger partial charge in [0.25, 0.3) is 0 Å². The van der Waals surface area contributed by atoms with Gasteiger partial charge in [0.15, 0.2) is 11.6 Å². The monoisotopic (exact) mass is 499 g/mol. The van der Waals surface area contributed by atoms with Gasteiger partial charge in [-0.15, -0.1) is 11.8 Å². The summed E-state index contributed by atoms with van der Waals surface area (Å²) in [4.78, 5) is 15.2. The van der Waals surface area contributed by atoms with Crippen molar-refractivity contribution < 1.29 is 26.7 Å². The number of amides is 1. The predicted molar refractivity (Wildman–Crippen MR) is 125 cm³/mol. The van der Waals surface area contributed by atoms with Crippen molar-refractivity contribution in [3.63, 3.8) is 0 Å². The van der Waals surface area contributed by atoms with E-state index in [9.17, 15) is 22.0 Å². The number of carbonyl (C=O) groups excluding carboxylic acids is 1. The maximum atomic E-state index is 13.4. The number of morpholine rings is 1. The zero-order chi connectivity index (χ0) is 24.0. The van der Waals surface area contributed by atoms with Crippen molar-refractivity contribution in [3.05, 3.63) is 48.0 Å². The van der Waals surface area contributed by atoms with Gasteiger partial charge >= 0.3 is 0 Å². The highest BCUT2D eigenvalue weighted by Gasteiger charge is 2.24. The third-order valence-corrected chi connectivity index (χ3v) is 8.24. The van der Waals surface area contributed by atoms with Crippen LogP contribution in [0.25, 0.3) is 0 Å². The molecule has 180 valence electrons. The highest BCUT2D eigenvalue weighted by Crippen LogP contribution is 2.31. The van der Waals surface area contributed by atoms with Crippen molar-refractivity contribution in [3.8, 4) is 0 Å². The van der Waals surface area contributed by atoms with Crippen molar-refractivity contribution in [1.29, 1.82) is 0 Å². The summed E-state index contributed by atoms with van der Waals surface area (Å²) in [6.45, 7) is 6.46. The Morgan fingerprint density at radius 3 is 2.42 bits per heavy atom. The smallest absolute Gasteiger partial charge is 0.243 e. The number of hydrogen-bond acceptors (Lipinski definition) is 6. The van der Waals surface area contributed by atoms with E-state index >= 15 is 0 Å². The Hall–Kier alpha value is -2.21. The van der Waals surface area contributed by atoms with Crippen LogP contribution in [0.15, 0.2) is 46.2 Å². The molecule has 0 radical (unpaired) electrons. The van der Waals surface area contributed by atoms with E-state index in [0.29, 0.717) is 55.7 Å². The molecule has 3 rings (SSSR count). The minimum absolute atomic E-state index is 0.0549. The molecule has 1 aliphatic heterocycles. The fourth-order valence-electron chi connectivity index (χ4n) is 3.47. The number of halogens is 2. The molecule has 2 aromatic carbocycles. The van der Waals surface area contributed by atoms with E-state index in [4.69, 9.17) is 4.74 Å². The first kappa shape index (κ1) is 25.4. The highest BCUT2D eigenvalue weighted by molar-refractivity contribution is 8.00. The first-order valence-corrected chi connectivity index (χ1v) is 13.0. The number of nitrogens with zero attached hydrogens (tertiary/aromatic N) is 2. The lowest BCUT2D eigenvalue weighted by Crippen LogP contribution is -2.37. The summed E-state index contributed by atoms with van der Waals surface area (Å²) in [6.07, 6.45) is 0. The molecule has 0 bridgehead atoms. The molecule has 1 heterocycles. The zero-order valence-corrected chi connectivity index (χ0v) is 20.1. The van der Waals surface area contributed by atoms with Gasteiger partial charge in [0, 0.05) is 31.1 Å². The minimum atomic E-state index is -3.71. The number of anilines is 2. The van der Waals surface area contributed by atoms with Crippen molar-refractivity contribution in [2.75, 3.05) is 55.4 Å². The zero-order valence-electron chi connectivity index (χ0n) is 18.5.